The molecule has 1 amide bonds. The lowest BCUT2D eigenvalue weighted by Gasteiger charge is -2.33. The summed E-state index contributed by atoms with van der Waals surface area (Å²) in [5.74, 6) is 1.87. The fourth-order valence-electron chi connectivity index (χ4n) is 3.17. The molecule has 0 saturated carbocycles. The van der Waals surface area contributed by atoms with Gasteiger partial charge in [0.05, 0.1) is 12.7 Å². The molecule has 0 spiro atoms. The topological polar surface area (TPSA) is 66.2 Å². The van der Waals surface area contributed by atoms with Gasteiger partial charge in [0.1, 0.15) is 17.6 Å². The van der Waals surface area contributed by atoms with Crippen molar-refractivity contribution in [2.24, 2.45) is 0 Å². The van der Waals surface area contributed by atoms with Crippen molar-refractivity contribution in [1.29, 1.82) is 0 Å². The summed E-state index contributed by atoms with van der Waals surface area (Å²) >= 11 is 0. The lowest BCUT2D eigenvalue weighted by atomic mass is 10.2. The van der Waals surface area contributed by atoms with E-state index in [9.17, 15) is 9.90 Å². The van der Waals surface area contributed by atoms with Gasteiger partial charge in [-0.25, -0.2) is 0 Å². The van der Waals surface area contributed by atoms with Gasteiger partial charge >= 0.3 is 0 Å². The zero-order valence-electron chi connectivity index (χ0n) is 13.0. The fraction of sp³-hybridized carbons (Fsp3) is 0.688. The third-order valence-corrected chi connectivity index (χ3v) is 4.30. The summed E-state index contributed by atoms with van der Waals surface area (Å²) < 4.78 is 11.4. The van der Waals surface area contributed by atoms with Gasteiger partial charge in [-0.05, 0) is 25.5 Å². The summed E-state index contributed by atoms with van der Waals surface area (Å²) in [4.78, 5) is 15.6. The molecule has 2 aliphatic rings. The highest BCUT2D eigenvalue weighted by Crippen LogP contribution is 2.24. The van der Waals surface area contributed by atoms with Crippen LogP contribution in [0.3, 0.4) is 0 Å². The average molecular weight is 308 g/mol. The standard InChI is InChI=1S/C16H24N2O4/c1-12-4-5-14(22-12)15-11-17(7-8-21-15)9-13(19)10-18-6-2-3-16(18)20/h4-5,13,15,19H,2-3,6-11H2,1H3. The van der Waals surface area contributed by atoms with Crippen LogP contribution in [0.15, 0.2) is 16.5 Å². The summed E-state index contributed by atoms with van der Waals surface area (Å²) in [6, 6.07) is 3.88. The van der Waals surface area contributed by atoms with Crippen LogP contribution < -0.4 is 0 Å². The van der Waals surface area contributed by atoms with E-state index in [2.05, 4.69) is 4.90 Å². The SMILES string of the molecule is Cc1ccc(C2CN(CC(O)CN3CCCC3=O)CCO2)o1. The molecule has 6 nitrogen and oxygen atoms in total. The smallest absolute Gasteiger partial charge is 0.222 e. The van der Waals surface area contributed by atoms with Crippen LogP contribution in [0.1, 0.15) is 30.5 Å². The lowest BCUT2D eigenvalue weighted by molar-refractivity contribution is -0.129. The summed E-state index contributed by atoms with van der Waals surface area (Å²) in [7, 11) is 0. The lowest BCUT2D eigenvalue weighted by Crippen LogP contribution is -2.45. The largest absolute Gasteiger partial charge is 0.464 e. The first kappa shape index (κ1) is 15.5. The van der Waals surface area contributed by atoms with Crippen molar-refractivity contribution in [2.45, 2.75) is 32.0 Å². The molecule has 0 aliphatic carbocycles. The second kappa shape index (κ2) is 6.81. The van der Waals surface area contributed by atoms with Gasteiger partial charge in [-0.15, -0.1) is 0 Å². The van der Waals surface area contributed by atoms with Crippen molar-refractivity contribution >= 4 is 5.91 Å². The van der Waals surface area contributed by atoms with Crippen LogP contribution in [0.5, 0.6) is 0 Å². The average Bonchev–Trinajstić information content (AvgIpc) is 3.09. The molecule has 1 aromatic heterocycles. The fourth-order valence-corrected chi connectivity index (χ4v) is 3.17. The molecule has 1 aromatic rings. The number of nitrogens with zero attached hydrogens (tertiary/aromatic N) is 2. The highest BCUT2D eigenvalue weighted by Gasteiger charge is 2.27. The molecule has 0 aromatic carbocycles. The number of carbonyl (C=O) groups is 1. The number of morpholine rings is 1. The van der Waals surface area contributed by atoms with E-state index in [1.807, 2.05) is 19.1 Å². The second-order valence-corrected chi connectivity index (χ2v) is 6.16. The minimum atomic E-state index is -0.515. The molecule has 122 valence electrons. The Labute approximate surface area is 130 Å². The first-order chi connectivity index (χ1) is 10.6. The Morgan fingerprint density at radius 1 is 1.36 bits per heavy atom. The van der Waals surface area contributed by atoms with Gasteiger partial charge in [-0.2, -0.15) is 0 Å². The van der Waals surface area contributed by atoms with E-state index in [0.717, 1.165) is 31.0 Å². The van der Waals surface area contributed by atoms with E-state index in [4.69, 9.17) is 9.15 Å². The number of aryl methyl sites for hydroxylation is 1. The molecule has 3 heterocycles. The van der Waals surface area contributed by atoms with Crippen molar-refractivity contribution in [3.8, 4) is 0 Å². The van der Waals surface area contributed by atoms with Crippen LogP contribution in [0.4, 0.5) is 0 Å². The minimum Gasteiger partial charge on any atom is -0.464 e. The van der Waals surface area contributed by atoms with Gasteiger partial charge < -0.3 is 19.2 Å². The van der Waals surface area contributed by atoms with Gasteiger partial charge in [-0.3, -0.25) is 9.69 Å². The maximum absolute atomic E-state index is 11.6. The van der Waals surface area contributed by atoms with E-state index < -0.39 is 6.10 Å². The number of furan rings is 1. The van der Waals surface area contributed by atoms with Crippen LogP contribution >= 0.6 is 0 Å². The quantitative estimate of drug-likeness (QED) is 0.877. The first-order valence-electron chi connectivity index (χ1n) is 7.98. The van der Waals surface area contributed by atoms with Crippen LogP contribution in [0.25, 0.3) is 0 Å². The van der Waals surface area contributed by atoms with E-state index in [1.54, 1.807) is 4.90 Å². The van der Waals surface area contributed by atoms with E-state index >= 15 is 0 Å². The maximum atomic E-state index is 11.6. The van der Waals surface area contributed by atoms with Gasteiger partial charge in [-0.1, -0.05) is 0 Å². The third-order valence-electron chi connectivity index (χ3n) is 4.30. The highest BCUT2D eigenvalue weighted by atomic mass is 16.5. The molecular formula is C16H24N2O4. The molecule has 0 bridgehead atoms. The number of aliphatic hydroxyl groups excluding tert-OH is 1. The number of rotatable bonds is 5. The highest BCUT2D eigenvalue weighted by molar-refractivity contribution is 5.78. The Balaban J connectivity index is 1.50. The molecular weight excluding hydrogens is 284 g/mol. The molecule has 1 N–H and O–H groups in total. The molecule has 3 rings (SSSR count). The zero-order valence-corrected chi connectivity index (χ0v) is 13.0. The summed E-state index contributed by atoms with van der Waals surface area (Å²) in [6.07, 6.45) is 0.926. The van der Waals surface area contributed by atoms with Gasteiger partial charge in [0.25, 0.3) is 0 Å². The minimum absolute atomic E-state index is 0.0805. The van der Waals surface area contributed by atoms with Gasteiger partial charge in [0.2, 0.25) is 5.91 Å². The Morgan fingerprint density at radius 2 is 2.23 bits per heavy atom. The molecule has 2 atom stereocenters. The van der Waals surface area contributed by atoms with Crippen LogP contribution in [-0.4, -0.2) is 66.2 Å². The summed E-state index contributed by atoms with van der Waals surface area (Å²) in [6.45, 7) is 5.80. The van der Waals surface area contributed by atoms with Crippen molar-refractivity contribution in [3.05, 3.63) is 23.7 Å². The number of likely N-dealkylation sites (tertiary alicyclic amines) is 1. The number of aliphatic hydroxyl groups is 1. The van der Waals surface area contributed by atoms with Crippen molar-refractivity contribution in [1.82, 2.24) is 9.80 Å². The number of β-amino-alcohol motifs (C(OH)–C–C–N with tert-alkyl or cyclic N) is 1. The normalized spacial score (nSPS) is 24.9. The Bertz CT molecular complexity index is 516. The second-order valence-electron chi connectivity index (χ2n) is 6.16. The monoisotopic (exact) mass is 308 g/mol. The molecule has 0 radical (unpaired) electrons. The van der Waals surface area contributed by atoms with Crippen LogP contribution in [-0.2, 0) is 9.53 Å². The number of ether oxygens (including phenoxy) is 1. The molecule has 22 heavy (non-hydrogen) atoms. The summed E-state index contributed by atoms with van der Waals surface area (Å²) in [5, 5.41) is 10.2. The molecule has 2 fully saturated rings. The number of amides is 1. The zero-order chi connectivity index (χ0) is 15.5. The predicted molar refractivity (Wildman–Crippen MR) is 80.4 cm³/mol. The van der Waals surface area contributed by atoms with Crippen molar-refractivity contribution in [3.63, 3.8) is 0 Å². The maximum Gasteiger partial charge on any atom is 0.222 e. The van der Waals surface area contributed by atoms with Gasteiger partial charge in [0.15, 0.2) is 0 Å². The molecule has 2 saturated heterocycles. The van der Waals surface area contributed by atoms with E-state index in [1.165, 1.54) is 0 Å². The molecule has 6 heteroatoms. The Kier molecular flexibility index (Phi) is 4.81. The first-order valence-corrected chi connectivity index (χ1v) is 7.98. The van der Waals surface area contributed by atoms with Gasteiger partial charge in [0, 0.05) is 39.1 Å². The van der Waals surface area contributed by atoms with Crippen molar-refractivity contribution in [2.75, 3.05) is 39.3 Å². The van der Waals surface area contributed by atoms with E-state index in [0.29, 0.717) is 32.7 Å². The predicted octanol–water partition coefficient (Wildman–Crippen LogP) is 0.945. The van der Waals surface area contributed by atoms with Crippen LogP contribution in [0, 0.1) is 6.92 Å². The molecule has 2 aliphatic heterocycles. The number of hydrogen-bond donors (Lipinski definition) is 1. The van der Waals surface area contributed by atoms with Crippen molar-refractivity contribution < 1.29 is 19.1 Å². The Hall–Kier alpha value is -1.37. The molecule has 2 unspecified atom stereocenters. The van der Waals surface area contributed by atoms with Crippen LogP contribution in [0.2, 0.25) is 0 Å². The Morgan fingerprint density at radius 3 is 2.91 bits per heavy atom. The number of carbonyl (C=O) groups excluding carboxylic acids is 1. The summed E-state index contributed by atoms with van der Waals surface area (Å²) in [5.41, 5.74) is 0. The van der Waals surface area contributed by atoms with E-state index in [-0.39, 0.29) is 12.0 Å². The number of hydrogen-bond acceptors (Lipinski definition) is 5. The third kappa shape index (κ3) is 3.69.